The molecule has 1 unspecified atom stereocenters. The number of pyridine rings is 1. The molecule has 1 amide bonds. The van der Waals surface area contributed by atoms with E-state index in [1.807, 2.05) is 56.3 Å². The van der Waals surface area contributed by atoms with E-state index < -0.39 is 0 Å². The first-order valence-corrected chi connectivity index (χ1v) is 12.3. The molecule has 34 heavy (non-hydrogen) atoms. The molecule has 1 N–H and O–H groups in total. The Morgan fingerprint density at radius 1 is 0.971 bits per heavy atom. The molecule has 0 aliphatic heterocycles. The lowest BCUT2D eigenvalue weighted by molar-refractivity contribution is -0.115. The molecule has 0 saturated heterocycles. The predicted molar refractivity (Wildman–Crippen MR) is 138 cm³/mol. The van der Waals surface area contributed by atoms with E-state index in [0.29, 0.717) is 17.6 Å². The zero-order valence-electron chi connectivity index (χ0n) is 19.9. The quantitative estimate of drug-likeness (QED) is 0.322. The molecule has 0 radical (unpaired) electrons. The summed E-state index contributed by atoms with van der Waals surface area (Å²) in [7, 11) is 0. The van der Waals surface area contributed by atoms with E-state index in [1.54, 1.807) is 12.4 Å². The van der Waals surface area contributed by atoms with Crippen LogP contribution < -0.4 is 5.32 Å². The van der Waals surface area contributed by atoms with Gasteiger partial charge in [-0.05, 0) is 48.6 Å². The molecule has 2 heterocycles. The number of carbonyl (C=O) groups excluding carboxylic acids is 1. The Morgan fingerprint density at radius 2 is 1.71 bits per heavy atom. The molecule has 0 fully saturated rings. The number of carbonyl (C=O) groups is 1. The van der Waals surface area contributed by atoms with E-state index in [4.69, 9.17) is 0 Å². The Labute approximate surface area is 204 Å². The highest BCUT2D eigenvalue weighted by Crippen LogP contribution is 2.31. The van der Waals surface area contributed by atoms with Crippen molar-refractivity contribution in [3.8, 4) is 11.4 Å². The van der Waals surface area contributed by atoms with Gasteiger partial charge in [0.05, 0.1) is 11.8 Å². The summed E-state index contributed by atoms with van der Waals surface area (Å²) in [4.78, 5) is 17.3. The second kappa shape index (κ2) is 10.7. The van der Waals surface area contributed by atoms with Crippen LogP contribution in [-0.2, 0) is 11.3 Å². The number of thioether (sulfide) groups is 1. The summed E-state index contributed by atoms with van der Waals surface area (Å²) in [5.41, 5.74) is 5.17. The van der Waals surface area contributed by atoms with E-state index >= 15 is 0 Å². The monoisotopic (exact) mass is 471 g/mol. The first-order valence-electron chi connectivity index (χ1n) is 11.4. The fourth-order valence-corrected chi connectivity index (χ4v) is 4.63. The number of amides is 1. The second-order valence-corrected chi connectivity index (χ2v) is 9.86. The number of para-hydroxylation sites is 1. The highest BCUT2D eigenvalue weighted by atomic mass is 32.2. The van der Waals surface area contributed by atoms with Gasteiger partial charge in [0.2, 0.25) is 5.91 Å². The minimum absolute atomic E-state index is 0.0547. The van der Waals surface area contributed by atoms with Gasteiger partial charge in [-0.25, -0.2) is 0 Å². The second-order valence-electron chi connectivity index (χ2n) is 8.56. The molecule has 174 valence electrons. The van der Waals surface area contributed by atoms with Crippen LogP contribution >= 0.6 is 11.8 Å². The summed E-state index contributed by atoms with van der Waals surface area (Å²) in [6.07, 6.45) is 3.49. The van der Waals surface area contributed by atoms with Crippen LogP contribution in [0.25, 0.3) is 11.4 Å². The zero-order valence-corrected chi connectivity index (χ0v) is 20.7. The van der Waals surface area contributed by atoms with Crippen LogP contribution in [0.5, 0.6) is 0 Å². The highest BCUT2D eigenvalue weighted by molar-refractivity contribution is 8.00. The van der Waals surface area contributed by atoms with Gasteiger partial charge in [0, 0.05) is 23.6 Å². The predicted octanol–water partition coefficient (Wildman–Crippen LogP) is 5.94. The van der Waals surface area contributed by atoms with Crippen molar-refractivity contribution in [1.82, 2.24) is 19.7 Å². The number of rotatable bonds is 8. The summed E-state index contributed by atoms with van der Waals surface area (Å²) in [6, 6.07) is 20.2. The van der Waals surface area contributed by atoms with Crippen molar-refractivity contribution in [3.63, 3.8) is 0 Å². The lowest BCUT2D eigenvalue weighted by Crippen LogP contribution is -2.24. The van der Waals surface area contributed by atoms with Gasteiger partial charge in [0.15, 0.2) is 11.0 Å². The third kappa shape index (κ3) is 5.37. The average Bonchev–Trinajstić information content (AvgIpc) is 3.23. The number of hydrogen-bond acceptors (Lipinski definition) is 5. The number of hydrogen-bond donors (Lipinski definition) is 1. The normalized spacial score (nSPS) is 12.0. The van der Waals surface area contributed by atoms with Crippen molar-refractivity contribution < 1.29 is 4.79 Å². The molecule has 1 atom stereocenters. The molecule has 2 aromatic carbocycles. The average molecular weight is 472 g/mol. The number of nitrogens with one attached hydrogen (secondary N) is 1. The maximum absolute atomic E-state index is 13.2. The Bertz CT molecular complexity index is 1250. The lowest BCUT2D eigenvalue weighted by atomic mass is 9.98. The van der Waals surface area contributed by atoms with Crippen LogP contribution in [0.1, 0.15) is 43.4 Å². The molecule has 4 rings (SSSR count). The molecule has 0 spiro atoms. The third-order valence-electron chi connectivity index (χ3n) is 5.67. The van der Waals surface area contributed by atoms with Crippen molar-refractivity contribution in [2.24, 2.45) is 0 Å². The van der Waals surface area contributed by atoms with Crippen LogP contribution in [0.3, 0.4) is 0 Å². The third-order valence-corrected chi connectivity index (χ3v) is 6.75. The maximum atomic E-state index is 13.2. The Kier molecular flexibility index (Phi) is 7.43. The number of aryl methyl sites for hydroxylation is 1. The molecule has 0 aliphatic carbocycles. The number of benzene rings is 2. The molecule has 7 heteroatoms. The minimum Gasteiger partial charge on any atom is -0.325 e. The van der Waals surface area contributed by atoms with Crippen molar-refractivity contribution in [2.45, 2.75) is 50.6 Å². The van der Waals surface area contributed by atoms with Crippen molar-refractivity contribution in [1.29, 1.82) is 0 Å². The van der Waals surface area contributed by atoms with Crippen LogP contribution in [0, 0.1) is 6.92 Å². The van der Waals surface area contributed by atoms with Crippen LogP contribution in [0.4, 0.5) is 5.69 Å². The topological polar surface area (TPSA) is 72.7 Å². The largest absolute Gasteiger partial charge is 0.325 e. The van der Waals surface area contributed by atoms with Gasteiger partial charge < -0.3 is 5.32 Å². The van der Waals surface area contributed by atoms with E-state index in [9.17, 15) is 4.79 Å². The molecule has 0 saturated carbocycles. The SMILES string of the molecule is Cc1cccc(C(C)C)c1NC(=O)C(C)Sc1nnc(-c2ccncc2)n1Cc1ccccc1. The van der Waals surface area contributed by atoms with Crippen LogP contribution in [0.15, 0.2) is 78.2 Å². The van der Waals surface area contributed by atoms with E-state index in [2.05, 4.69) is 57.1 Å². The summed E-state index contributed by atoms with van der Waals surface area (Å²) < 4.78 is 2.06. The fourth-order valence-electron chi connectivity index (χ4n) is 3.78. The van der Waals surface area contributed by atoms with Crippen LogP contribution in [-0.4, -0.2) is 30.9 Å². The number of anilines is 1. The summed E-state index contributed by atoms with van der Waals surface area (Å²) in [5.74, 6) is 1.01. The number of aromatic nitrogens is 4. The Morgan fingerprint density at radius 3 is 2.41 bits per heavy atom. The molecule has 6 nitrogen and oxygen atoms in total. The Hall–Kier alpha value is -3.45. The highest BCUT2D eigenvalue weighted by Gasteiger charge is 2.22. The van der Waals surface area contributed by atoms with Crippen molar-refractivity contribution in [2.75, 3.05) is 5.32 Å². The summed E-state index contributed by atoms with van der Waals surface area (Å²) >= 11 is 1.41. The Balaban J connectivity index is 1.60. The first-order chi connectivity index (χ1) is 16.4. The van der Waals surface area contributed by atoms with Gasteiger partial charge in [0.1, 0.15) is 0 Å². The smallest absolute Gasteiger partial charge is 0.237 e. The van der Waals surface area contributed by atoms with E-state index in [0.717, 1.165) is 33.8 Å². The molecule has 0 aliphatic rings. The lowest BCUT2D eigenvalue weighted by Gasteiger charge is -2.19. The van der Waals surface area contributed by atoms with Gasteiger partial charge in [-0.1, -0.05) is 74.1 Å². The van der Waals surface area contributed by atoms with E-state index in [1.165, 1.54) is 11.8 Å². The standard InChI is InChI=1S/C27H29N5OS/c1-18(2)23-12-8-9-19(3)24(23)29-26(33)20(4)34-27-31-30-25(22-13-15-28-16-14-22)32(27)17-21-10-6-5-7-11-21/h5-16,18,20H,17H2,1-4H3,(H,29,33). The van der Waals surface area contributed by atoms with Gasteiger partial charge in [0.25, 0.3) is 0 Å². The number of nitrogens with zero attached hydrogens (tertiary/aromatic N) is 4. The summed E-state index contributed by atoms with van der Waals surface area (Å²) in [6.45, 7) is 8.81. The van der Waals surface area contributed by atoms with Crippen LogP contribution in [0.2, 0.25) is 0 Å². The fraction of sp³-hybridized carbons (Fsp3) is 0.259. The van der Waals surface area contributed by atoms with Gasteiger partial charge in [-0.3, -0.25) is 14.3 Å². The summed E-state index contributed by atoms with van der Waals surface area (Å²) in [5, 5.41) is 12.4. The zero-order chi connectivity index (χ0) is 24.1. The van der Waals surface area contributed by atoms with Crippen molar-refractivity contribution in [3.05, 3.63) is 89.7 Å². The minimum atomic E-state index is -0.358. The molecular formula is C27H29N5OS. The van der Waals surface area contributed by atoms with E-state index in [-0.39, 0.29) is 11.2 Å². The van der Waals surface area contributed by atoms with Gasteiger partial charge in [-0.15, -0.1) is 10.2 Å². The van der Waals surface area contributed by atoms with Gasteiger partial charge >= 0.3 is 0 Å². The molecule has 2 aromatic heterocycles. The molecular weight excluding hydrogens is 442 g/mol. The van der Waals surface area contributed by atoms with Gasteiger partial charge in [-0.2, -0.15) is 0 Å². The van der Waals surface area contributed by atoms with Crippen molar-refractivity contribution >= 4 is 23.4 Å². The molecule has 4 aromatic rings. The molecule has 0 bridgehead atoms. The maximum Gasteiger partial charge on any atom is 0.237 e. The first kappa shape index (κ1) is 23.7.